The number of rotatable bonds is 9. The lowest BCUT2D eigenvalue weighted by atomic mass is 10.0. The maximum absolute atomic E-state index is 13.4. The van der Waals surface area contributed by atoms with Crippen LogP contribution in [0, 0.1) is 11.6 Å². The van der Waals surface area contributed by atoms with Crippen LogP contribution in [0.5, 0.6) is 0 Å². The summed E-state index contributed by atoms with van der Waals surface area (Å²) in [5.74, 6) is -1.32. The SMILES string of the molecule is CC(=O)NC(Cc1cc(F)cc(F)c1)C(O)CNCc1cc(C(C)C)ccn1. The number of aliphatic hydroxyl groups is 1. The van der Waals surface area contributed by atoms with Gasteiger partial charge in [-0.1, -0.05) is 13.8 Å². The molecule has 0 spiro atoms. The molecule has 0 aliphatic carbocycles. The second-order valence-corrected chi connectivity index (χ2v) is 7.22. The number of hydrogen-bond donors (Lipinski definition) is 3. The highest BCUT2D eigenvalue weighted by Gasteiger charge is 2.21. The number of carbonyl (C=O) groups is 1. The molecule has 0 radical (unpaired) electrons. The van der Waals surface area contributed by atoms with Crippen LogP contribution in [0.2, 0.25) is 0 Å². The van der Waals surface area contributed by atoms with Gasteiger partial charge in [-0.25, -0.2) is 8.78 Å². The zero-order chi connectivity index (χ0) is 20.7. The first kappa shape index (κ1) is 21.9. The molecule has 0 aliphatic rings. The molecule has 2 rings (SSSR count). The quantitative estimate of drug-likeness (QED) is 0.615. The molecule has 28 heavy (non-hydrogen) atoms. The lowest BCUT2D eigenvalue weighted by molar-refractivity contribution is -0.120. The zero-order valence-corrected chi connectivity index (χ0v) is 16.4. The molecule has 0 saturated carbocycles. The highest BCUT2D eigenvalue weighted by Crippen LogP contribution is 2.14. The van der Waals surface area contributed by atoms with Crippen molar-refractivity contribution in [2.24, 2.45) is 0 Å². The highest BCUT2D eigenvalue weighted by atomic mass is 19.1. The first-order valence-electron chi connectivity index (χ1n) is 9.30. The Balaban J connectivity index is 1.97. The average Bonchev–Trinajstić information content (AvgIpc) is 2.60. The number of aliphatic hydroxyl groups excluding tert-OH is 1. The Morgan fingerprint density at radius 1 is 1.18 bits per heavy atom. The van der Waals surface area contributed by atoms with E-state index in [1.807, 2.05) is 12.1 Å². The summed E-state index contributed by atoms with van der Waals surface area (Å²) in [7, 11) is 0. The Labute approximate surface area is 164 Å². The largest absolute Gasteiger partial charge is 0.390 e. The molecule has 3 N–H and O–H groups in total. The molecule has 1 amide bonds. The third-order valence-electron chi connectivity index (χ3n) is 4.40. The van der Waals surface area contributed by atoms with E-state index in [1.165, 1.54) is 24.6 Å². The van der Waals surface area contributed by atoms with Crippen molar-refractivity contribution < 1.29 is 18.7 Å². The minimum Gasteiger partial charge on any atom is -0.390 e. The van der Waals surface area contributed by atoms with E-state index in [-0.39, 0.29) is 18.9 Å². The normalized spacial score (nSPS) is 13.4. The van der Waals surface area contributed by atoms with Crippen LogP contribution >= 0.6 is 0 Å². The number of carbonyl (C=O) groups excluding carboxylic acids is 1. The van der Waals surface area contributed by atoms with Gasteiger partial charge in [0.05, 0.1) is 17.8 Å². The minimum atomic E-state index is -0.941. The Hall–Kier alpha value is -2.38. The summed E-state index contributed by atoms with van der Waals surface area (Å²) in [5.41, 5.74) is 2.39. The molecule has 5 nitrogen and oxygen atoms in total. The number of nitrogens with zero attached hydrogens (tertiary/aromatic N) is 1. The van der Waals surface area contributed by atoms with Gasteiger partial charge < -0.3 is 15.7 Å². The van der Waals surface area contributed by atoms with Crippen LogP contribution in [0.3, 0.4) is 0 Å². The molecule has 152 valence electrons. The molecule has 0 saturated heterocycles. The molecule has 7 heteroatoms. The number of hydrogen-bond acceptors (Lipinski definition) is 4. The van der Waals surface area contributed by atoms with Gasteiger partial charge in [0.2, 0.25) is 5.91 Å². The van der Waals surface area contributed by atoms with E-state index in [0.29, 0.717) is 18.0 Å². The van der Waals surface area contributed by atoms with Crippen LogP contribution < -0.4 is 10.6 Å². The zero-order valence-electron chi connectivity index (χ0n) is 16.4. The number of amides is 1. The number of aromatic nitrogens is 1. The van der Waals surface area contributed by atoms with Gasteiger partial charge in [-0.15, -0.1) is 0 Å². The predicted molar refractivity (Wildman–Crippen MR) is 104 cm³/mol. The molecule has 1 heterocycles. The Kier molecular flexibility index (Phi) is 8.02. The summed E-state index contributed by atoms with van der Waals surface area (Å²) in [5, 5.41) is 16.3. The fourth-order valence-electron chi connectivity index (χ4n) is 2.97. The number of nitrogens with one attached hydrogen (secondary N) is 2. The second kappa shape index (κ2) is 10.2. The van der Waals surface area contributed by atoms with Gasteiger partial charge >= 0.3 is 0 Å². The molecule has 0 aliphatic heterocycles. The molecule has 0 bridgehead atoms. The van der Waals surface area contributed by atoms with Gasteiger partial charge in [-0.2, -0.15) is 0 Å². The molecule has 1 aromatic heterocycles. The van der Waals surface area contributed by atoms with E-state index in [2.05, 4.69) is 29.5 Å². The van der Waals surface area contributed by atoms with Crippen LogP contribution in [-0.4, -0.2) is 34.7 Å². The fourth-order valence-corrected chi connectivity index (χ4v) is 2.97. The molecular formula is C21H27F2N3O2. The van der Waals surface area contributed by atoms with Crippen molar-refractivity contribution >= 4 is 5.91 Å². The van der Waals surface area contributed by atoms with Crippen molar-refractivity contribution in [3.63, 3.8) is 0 Å². The lowest BCUT2D eigenvalue weighted by Gasteiger charge is -2.24. The van der Waals surface area contributed by atoms with Crippen LogP contribution in [0.25, 0.3) is 0 Å². The monoisotopic (exact) mass is 391 g/mol. The topological polar surface area (TPSA) is 74.2 Å². The van der Waals surface area contributed by atoms with Crippen LogP contribution in [-0.2, 0) is 17.8 Å². The summed E-state index contributed by atoms with van der Waals surface area (Å²) in [6.45, 7) is 6.18. The predicted octanol–water partition coefficient (Wildman–Crippen LogP) is 2.68. The summed E-state index contributed by atoms with van der Waals surface area (Å²) >= 11 is 0. The van der Waals surface area contributed by atoms with Crippen molar-refractivity contribution in [1.82, 2.24) is 15.6 Å². The van der Waals surface area contributed by atoms with Gasteiger partial charge in [-0.3, -0.25) is 9.78 Å². The van der Waals surface area contributed by atoms with Crippen molar-refractivity contribution in [1.29, 1.82) is 0 Å². The number of halogens is 2. The standard InChI is InChI=1S/C21H27F2N3O2/c1-13(2)16-4-5-25-19(9-16)11-24-12-21(28)20(26-14(3)27)8-15-6-17(22)10-18(23)7-15/h4-7,9-10,13,20-21,24,28H,8,11-12H2,1-3H3,(H,26,27). The minimum absolute atomic E-state index is 0.109. The summed E-state index contributed by atoms with van der Waals surface area (Å²) in [6.07, 6.45) is 0.919. The average molecular weight is 391 g/mol. The Bertz CT molecular complexity index is 779. The third-order valence-corrected chi connectivity index (χ3v) is 4.40. The van der Waals surface area contributed by atoms with Crippen LogP contribution in [0.4, 0.5) is 8.78 Å². The van der Waals surface area contributed by atoms with Crippen molar-refractivity contribution in [3.05, 3.63) is 65.0 Å². The van der Waals surface area contributed by atoms with Crippen molar-refractivity contribution in [3.8, 4) is 0 Å². The third kappa shape index (κ3) is 6.98. The molecule has 2 atom stereocenters. The van der Waals surface area contributed by atoms with Gasteiger partial charge in [0.25, 0.3) is 0 Å². The van der Waals surface area contributed by atoms with E-state index in [9.17, 15) is 18.7 Å². The number of pyridine rings is 1. The lowest BCUT2D eigenvalue weighted by Crippen LogP contribution is -2.48. The maximum atomic E-state index is 13.4. The van der Waals surface area contributed by atoms with Gasteiger partial charge in [0.1, 0.15) is 11.6 Å². The highest BCUT2D eigenvalue weighted by molar-refractivity contribution is 5.73. The Morgan fingerprint density at radius 2 is 1.86 bits per heavy atom. The van der Waals surface area contributed by atoms with E-state index in [1.54, 1.807) is 6.20 Å². The summed E-state index contributed by atoms with van der Waals surface area (Å²) in [4.78, 5) is 15.8. The molecule has 1 aromatic carbocycles. The van der Waals surface area contributed by atoms with Crippen molar-refractivity contribution in [2.75, 3.05) is 6.54 Å². The Morgan fingerprint density at radius 3 is 2.46 bits per heavy atom. The maximum Gasteiger partial charge on any atom is 0.217 e. The smallest absolute Gasteiger partial charge is 0.217 e. The summed E-state index contributed by atoms with van der Waals surface area (Å²) < 4.78 is 26.8. The fraction of sp³-hybridized carbons (Fsp3) is 0.429. The van der Waals surface area contributed by atoms with E-state index in [0.717, 1.165) is 11.8 Å². The second-order valence-electron chi connectivity index (χ2n) is 7.22. The first-order chi connectivity index (χ1) is 13.2. The first-order valence-corrected chi connectivity index (χ1v) is 9.30. The number of benzene rings is 1. The molecular weight excluding hydrogens is 364 g/mol. The van der Waals surface area contributed by atoms with Crippen LogP contribution in [0.15, 0.2) is 36.5 Å². The molecule has 2 unspecified atom stereocenters. The summed E-state index contributed by atoms with van der Waals surface area (Å²) in [6, 6.07) is 6.46. The van der Waals surface area contributed by atoms with Gasteiger partial charge in [0, 0.05) is 32.3 Å². The molecule has 0 fully saturated rings. The van der Waals surface area contributed by atoms with E-state index < -0.39 is 23.8 Å². The van der Waals surface area contributed by atoms with Crippen molar-refractivity contribution in [2.45, 2.75) is 51.8 Å². The molecule has 2 aromatic rings. The van der Waals surface area contributed by atoms with Crippen LogP contribution in [0.1, 0.15) is 43.5 Å². The van der Waals surface area contributed by atoms with E-state index >= 15 is 0 Å². The van der Waals surface area contributed by atoms with E-state index in [4.69, 9.17) is 0 Å². The van der Waals surface area contributed by atoms with Gasteiger partial charge in [-0.05, 0) is 47.7 Å². The van der Waals surface area contributed by atoms with Gasteiger partial charge in [0.15, 0.2) is 0 Å².